The second-order valence-electron chi connectivity index (χ2n) is 7.38. The molecule has 0 bridgehead atoms. The molecular weight excluding hydrogens is 442 g/mol. The highest BCUT2D eigenvalue weighted by molar-refractivity contribution is 7.99. The van der Waals surface area contributed by atoms with Gasteiger partial charge in [0.1, 0.15) is 29.0 Å². The SMILES string of the molecule is COc1cccc(-c2nnc(SCC(=O)N3N=C(c4ccco4)CC3c3ccco3)n2C)c1. The Bertz CT molecular complexity index is 1280. The highest BCUT2D eigenvalue weighted by atomic mass is 32.2. The standard InChI is InChI=1S/C23H21N5O4S/c1-27-22(15-6-3-7-16(12-15)30-2)24-25-23(27)33-14-21(29)28-18(20-9-5-11-32-20)13-17(26-28)19-8-4-10-31-19/h3-12,18H,13-14H2,1-2H3. The fourth-order valence-electron chi connectivity index (χ4n) is 3.68. The lowest BCUT2D eigenvalue weighted by atomic mass is 10.1. The first-order chi connectivity index (χ1) is 16.1. The van der Waals surface area contributed by atoms with Crippen LogP contribution in [0.1, 0.15) is 24.0 Å². The van der Waals surface area contributed by atoms with Crippen molar-refractivity contribution in [2.24, 2.45) is 12.1 Å². The van der Waals surface area contributed by atoms with E-state index in [0.29, 0.717) is 34.6 Å². The summed E-state index contributed by atoms with van der Waals surface area (Å²) in [6.45, 7) is 0. The Morgan fingerprint density at radius 1 is 1.15 bits per heavy atom. The lowest BCUT2D eigenvalue weighted by molar-refractivity contribution is -0.130. The van der Waals surface area contributed by atoms with Crippen LogP contribution in [-0.4, -0.2) is 44.3 Å². The molecule has 1 aromatic carbocycles. The zero-order valence-corrected chi connectivity index (χ0v) is 18.9. The zero-order chi connectivity index (χ0) is 22.8. The molecule has 1 aliphatic rings. The van der Waals surface area contributed by atoms with Crippen LogP contribution in [0.5, 0.6) is 5.75 Å². The van der Waals surface area contributed by atoms with Crippen molar-refractivity contribution in [3.63, 3.8) is 0 Å². The first-order valence-electron chi connectivity index (χ1n) is 10.3. The molecule has 1 unspecified atom stereocenters. The van der Waals surface area contributed by atoms with Crippen molar-refractivity contribution >= 4 is 23.4 Å². The number of carbonyl (C=O) groups is 1. The number of aromatic nitrogens is 3. The largest absolute Gasteiger partial charge is 0.497 e. The van der Waals surface area contributed by atoms with Gasteiger partial charge in [0.25, 0.3) is 5.91 Å². The van der Waals surface area contributed by atoms with E-state index in [9.17, 15) is 4.79 Å². The first-order valence-corrected chi connectivity index (χ1v) is 11.3. The molecule has 4 aromatic rings. The van der Waals surface area contributed by atoms with Crippen molar-refractivity contribution in [2.45, 2.75) is 17.6 Å². The number of ether oxygens (including phenoxy) is 1. The average Bonchev–Trinajstić information content (AvgIpc) is 3.64. The van der Waals surface area contributed by atoms with Gasteiger partial charge in [-0.1, -0.05) is 23.9 Å². The van der Waals surface area contributed by atoms with Crippen LogP contribution in [0.25, 0.3) is 11.4 Å². The van der Waals surface area contributed by atoms with Crippen molar-refractivity contribution in [3.8, 4) is 17.1 Å². The smallest absolute Gasteiger partial charge is 0.253 e. The van der Waals surface area contributed by atoms with Gasteiger partial charge in [-0.05, 0) is 36.4 Å². The molecule has 0 fully saturated rings. The molecule has 0 saturated heterocycles. The Morgan fingerprint density at radius 3 is 2.76 bits per heavy atom. The maximum Gasteiger partial charge on any atom is 0.253 e. The summed E-state index contributed by atoms with van der Waals surface area (Å²) in [4.78, 5) is 13.2. The molecule has 1 amide bonds. The summed E-state index contributed by atoms with van der Waals surface area (Å²) in [5.74, 6) is 2.74. The van der Waals surface area contributed by atoms with Crippen LogP contribution in [0.2, 0.25) is 0 Å². The van der Waals surface area contributed by atoms with E-state index in [-0.39, 0.29) is 17.7 Å². The number of benzene rings is 1. The Morgan fingerprint density at radius 2 is 2.00 bits per heavy atom. The fourth-order valence-corrected chi connectivity index (χ4v) is 4.44. The van der Waals surface area contributed by atoms with Crippen LogP contribution in [0.4, 0.5) is 0 Å². The number of methoxy groups -OCH3 is 1. The molecule has 3 aromatic heterocycles. The van der Waals surface area contributed by atoms with Gasteiger partial charge in [-0.25, -0.2) is 5.01 Å². The Balaban J connectivity index is 1.33. The normalized spacial score (nSPS) is 15.6. The molecule has 0 spiro atoms. The second kappa shape index (κ2) is 8.99. The predicted octanol–water partition coefficient (Wildman–Crippen LogP) is 4.15. The third-order valence-corrected chi connectivity index (χ3v) is 6.34. The predicted molar refractivity (Wildman–Crippen MR) is 122 cm³/mol. The summed E-state index contributed by atoms with van der Waals surface area (Å²) in [5.41, 5.74) is 1.59. The van der Waals surface area contributed by atoms with E-state index in [0.717, 1.165) is 11.3 Å². The quantitative estimate of drug-likeness (QED) is 0.380. The number of hydrogen-bond acceptors (Lipinski definition) is 8. The van der Waals surface area contributed by atoms with Crippen LogP contribution in [0.15, 0.2) is 80.1 Å². The maximum absolute atomic E-state index is 13.2. The zero-order valence-electron chi connectivity index (χ0n) is 18.0. The number of furan rings is 2. The highest BCUT2D eigenvalue weighted by Gasteiger charge is 2.35. The number of nitrogens with zero attached hydrogens (tertiary/aromatic N) is 5. The molecule has 10 heteroatoms. The van der Waals surface area contributed by atoms with E-state index in [1.807, 2.05) is 48.0 Å². The van der Waals surface area contributed by atoms with Gasteiger partial charge in [-0.2, -0.15) is 5.10 Å². The third kappa shape index (κ3) is 4.17. The molecule has 0 saturated carbocycles. The lowest BCUT2D eigenvalue weighted by Gasteiger charge is -2.19. The van der Waals surface area contributed by atoms with E-state index in [2.05, 4.69) is 15.3 Å². The van der Waals surface area contributed by atoms with Crippen LogP contribution in [0.3, 0.4) is 0 Å². The first kappa shape index (κ1) is 21.1. The van der Waals surface area contributed by atoms with Crippen LogP contribution in [-0.2, 0) is 11.8 Å². The summed E-state index contributed by atoms with van der Waals surface area (Å²) >= 11 is 1.31. The van der Waals surface area contributed by atoms with E-state index in [1.165, 1.54) is 16.8 Å². The Labute approximate surface area is 194 Å². The van der Waals surface area contributed by atoms with Crippen molar-refractivity contribution in [3.05, 3.63) is 72.6 Å². The van der Waals surface area contributed by atoms with Gasteiger partial charge in [-0.15, -0.1) is 10.2 Å². The molecule has 33 heavy (non-hydrogen) atoms. The molecule has 168 valence electrons. The highest BCUT2D eigenvalue weighted by Crippen LogP contribution is 2.34. The minimum Gasteiger partial charge on any atom is -0.497 e. The van der Waals surface area contributed by atoms with E-state index in [1.54, 1.807) is 31.8 Å². The summed E-state index contributed by atoms with van der Waals surface area (Å²) in [6, 6.07) is 14.6. The van der Waals surface area contributed by atoms with Crippen molar-refractivity contribution in [1.29, 1.82) is 0 Å². The molecular formula is C23H21N5O4S. The monoisotopic (exact) mass is 463 g/mol. The molecule has 4 heterocycles. The molecule has 1 aliphatic heterocycles. The van der Waals surface area contributed by atoms with Gasteiger partial charge in [0.2, 0.25) is 0 Å². The topological polar surface area (TPSA) is 98.9 Å². The minimum absolute atomic E-state index is 0.149. The molecule has 0 N–H and O–H groups in total. The molecule has 0 radical (unpaired) electrons. The molecule has 1 atom stereocenters. The van der Waals surface area contributed by atoms with Crippen molar-refractivity contribution < 1.29 is 18.4 Å². The third-order valence-electron chi connectivity index (χ3n) is 5.33. The molecule has 5 rings (SSSR count). The van der Waals surface area contributed by atoms with E-state index >= 15 is 0 Å². The number of thioether (sulfide) groups is 1. The van der Waals surface area contributed by atoms with Crippen molar-refractivity contribution in [2.75, 3.05) is 12.9 Å². The maximum atomic E-state index is 13.2. The summed E-state index contributed by atoms with van der Waals surface area (Å²) in [5, 5.41) is 15.2. The van der Waals surface area contributed by atoms with Gasteiger partial charge in [-0.3, -0.25) is 4.79 Å². The minimum atomic E-state index is -0.319. The van der Waals surface area contributed by atoms with Crippen molar-refractivity contribution in [1.82, 2.24) is 19.8 Å². The van der Waals surface area contributed by atoms with E-state index < -0.39 is 0 Å². The number of rotatable bonds is 7. The number of hydrazone groups is 1. The number of hydrogen-bond donors (Lipinski definition) is 0. The number of amides is 1. The number of carbonyl (C=O) groups excluding carboxylic acids is 1. The summed E-state index contributed by atoms with van der Waals surface area (Å²) < 4.78 is 18.2. The van der Waals surface area contributed by atoms with Crippen LogP contribution in [0, 0.1) is 0 Å². The summed E-state index contributed by atoms with van der Waals surface area (Å²) in [7, 11) is 3.49. The molecule has 9 nitrogen and oxygen atoms in total. The Kier molecular flexibility index (Phi) is 5.74. The van der Waals surface area contributed by atoms with Gasteiger partial charge < -0.3 is 18.1 Å². The van der Waals surface area contributed by atoms with Crippen LogP contribution < -0.4 is 4.74 Å². The second-order valence-corrected chi connectivity index (χ2v) is 8.33. The fraction of sp³-hybridized carbons (Fsp3) is 0.217. The van der Waals surface area contributed by atoms with Crippen LogP contribution >= 0.6 is 11.8 Å². The molecule has 0 aliphatic carbocycles. The van der Waals surface area contributed by atoms with Gasteiger partial charge in [0.05, 0.1) is 25.4 Å². The van der Waals surface area contributed by atoms with E-state index in [4.69, 9.17) is 13.6 Å². The van der Waals surface area contributed by atoms with Gasteiger partial charge in [0.15, 0.2) is 11.0 Å². The summed E-state index contributed by atoms with van der Waals surface area (Å²) in [6.07, 6.45) is 3.70. The van der Waals surface area contributed by atoms with Gasteiger partial charge >= 0.3 is 0 Å². The Hall–Kier alpha value is -3.79. The van der Waals surface area contributed by atoms with Gasteiger partial charge in [0, 0.05) is 19.0 Å². The average molecular weight is 464 g/mol. The lowest BCUT2D eigenvalue weighted by Crippen LogP contribution is -2.28.